The third-order valence-electron chi connectivity index (χ3n) is 2.77. The summed E-state index contributed by atoms with van der Waals surface area (Å²) in [7, 11) is -3.44. The predicted molar refractivity (Wildman–Crippen MR) is 73.4 cm³/mol. The van der Waals surface area contributed by atoms with E-state index in [9.17, 15) is 21.6 Å². The summed E-state index contributed by atoms with van der Waals surface area (Å²) in [6.07, 6.45) is -2.13. The van der Waals surface area contributed by atoms with Crippen LogP contribution in [0.3, 0.4) is 0 Å². The summed E-state index contributed by atoms with van der Waals surface area (Å²) in [5, 5.41) is 4.85. The van der Waals surface area contributed by atoms with Crippen molar-refractivity contribution in [1.29, 1.82) is 0 Å². The van der Waals surface area contributed by atoms with Gasteiger partial charge in [0.2, 0.25) is 10.0 Å². The standard InChI is InChI=1S/C13H18F3NO3S/c14-13(15,16)11-7-3-4-8-12(11)20-9-5-1-2-6-10-21(17,18)19/h3-4,7-8H,1-2,5-6,9-10H2,(H2,17,18,19). The average Bonchev–Trinajstić information content (AvgIpc) is 2.35. The molecule has 2 N–H and O–H groups in total. The van der Waals surface area contributed by atoms with E-state index in [2.05, 4.69) is 0 Å². The van der Waals surface area contributed by atoms with Crippen LogP contribution in [-0.4, -0.2) is 20.8 Å². The van der Waals surface area contributed by atoms with Gasteiger partial charge in [-0.1, -0.05) is 25.0 Å². The fourth-order valence-corrected chi connectivity index (χ4v) is 2.37. The molecule has 0 bridgehead atoms. The number of sulfonamides is 1. The molecule has 0 atom stereocenters. The van der Waals surface area contributed by atoms with Crippen molar-refractivity contribution in [3.63, 3.8) is 0 Å². The first-order valence-corrected chi connectivity index (χ1v) is 8.21. The molecule has 0 saturated carbocycles. The molecule has 0 fully saturated rings. The van der Waals surface area contributed by atoms with E-state index in [1.54, 1.807) is 0 Å². The van der Waals surface area contributed by atoms with E-state index in [0.717, 1.165) is 6.07 Å². The number of rotatable bonds is 8. The molecule has 0 heterocycles. The number of halogens is 3. The number of unbranched alkanes of at least 4 members (excludes halogenated alkanes) is 3. The van der Waals surface area contributed by atoms with Crippen LogP contribution in [0.5, 0.6) is 5.75 Å². The van der Waals surface area contributed by atoms with Gasteiger partial charge in [0.25, 0.3) is 0 Å². The van der Waals surface area contributed by atoms with Gasteiger partial charge >= 0.3 is 6.18 Å². The topological polar surface area (TPSA) is 69.4 Å². The van der Waals surface area contributed by atoms with Gasteiger partial charge in [0.15, 0.2) is 0 Å². The van der Waals surface area contributed by atoms with Crippen LogP contribution in [0.4, 0.5) is 13.2 Å². The second-order valence-electron chi connectivity index (χ2n) is 4.62. The van der Waals surface area contributed by atoms with E-state index in [-0.39, 0.29) is 18.1 Å². The number of para-hydroxylation sites is 1. The van der Waals surface area contributed by atoms with E-state index in [4.69, 9.17) is 9.88 Å². The third-order valence-corrected chi connectivity index (χ3v) is 3.63. The molecule has 0 aliphatic carbocycles. The van der Waals surface area contributed by atoms with E-state index in [1.807, 2.05) is 0 Å². The minimum atomic E-state index is -4.44. The SMILES string of the molecule is NS(=O)(=O)CCCCCCOc1ccccc1C(F)(F)F. The van der Waals surface area contributed by atoms with E-state index < -0.39 is 21.8 Å². The summed E-state index contributed by atoms with van der Waals surface area (Å²) in [5.41, 5.74) is -0.792. The summed E-state index contributed by atoms with van der Waals surface area (Å²) in [4.78, 5) is 0. The Labute approximate surface area is 122 Å². The molecule has 0 spiro atoms. The molecule has 1 aromatic rings. The lowest BCUT2D eigenvalue weighted by Crippen LogP contribution is -2.16. The molecule has 0 aliphatic rings. The highest BCUT2D eigenvalue weighted by Crippen LogP contribution is 2.35. The Morgan fingerprint density at radius 2 is 1.67 bits per heavy atom. The van der Waals surface area contributed by atoms with Crippen LogP contribution in [0.2, 0.25) is 0 Å². The number of nitrogens with two attached hydrogens (primary N) is 1. The summed E-state index contributed by atoms with van der Waals surface area (Å²) in [5.74, 6) is -0.264. The van der Waals surface area contributed by atoms with Gasteiger partial charge in [-0.2, -0.15) is 13.2 Å². The van der Waals surface area contributed by atoms with Gasteiger partial charge < -0.3 is 4.74 Å². The molecule has 120 valence electrons. The van der Waals surface area contributed by atoms with Crippen molar-refractivity contribution in [3.8, 4) is 5.75 Å². The van der Waals surface area contributed by atoms with E-state index in [0.29, 0.717) is 25.7 Å². The highest BCUT2D eigenvalue weighted by atomic mass is 32.2. The summed E-state index contributed by atoms with van der Waals surface area (Å²) >= 11 is 0. The van der Waals surface area contributed by atoms with E-state index >= 15 is 0 Å². The maximum atomic E-state index is 12.7. The van der Waals surface area contributed by atoms with Crippen molar-refractivity contribution >= 4 is 10.0 Å². The Morgan fingerprint density at radius 1 is 1.05 bits per heavy atom. The van der Waals surface area contributed by atoms with Crippen molar-refractivity contribution < 1.29 is 26.3 Å². The van der Waals surface area contributed by atoms with Crippen molar-refractivity contribution in [2.45, 2.75) is 31.9 Å². The molecule has 1 rings (SSSR count). The highest BCUT2D eigenvalue weighted by molar-refractivity contribution is 7.89. The molecule has 0 aromatic heterocycles. The van der Waals surface area contributed by atoms with Gasteiger partial charge in [0.1, 0.15) is 5.75 Å². The largest absolute Gasteiger partial charge is 0.493 e. The number of hydrogen-bond donors (Lipinski definition) is 1. The number of ether oxygens (including phenoxy) is 1. The van der Waals surface area contributed by atoms with Crippen LogP contribution in [0.25, 0.3) is 0 Å². The average molecular weight is 325 g/mol. The third kappa shape index (κ3) is 7.33. The molecule has 4 nitrogen and oxygen atoms in total. The summed E-state index contributed by atoms with van der Waals surface area (Å²) in [6, 6.07) is 5.05. The molecular formula is C13H18F3NO3S. The molecule has 21 heavy (non-hydrogen) atoms. The normalized spacial score (nSPS) is 12.4. The molecule has 0 saturated heterocycles. The minimum Gasteiger partial charge on any atom is -0.493 e. The fourth-order valence-electron chi connectivity index (χ4n) is 1.77. The zero-order chi connectivity index (χ0) is 15.9. The number of benzene rings is 1. The lowest BCUT2D eigenvalue weighted by molar-refractivity contribution is -0.138. The van der Waals surface area contributed by atoms with Crippen LogP contribution in [-0.2, 0) is 16.2 Å². The minimum absolute atomic E-state index is 0.0786. The second-order valence-corrected chi connectivity index (χ2v) is 6.36. The maximum absolute atomic E-state index is 12.7. The van der Waals surface area contributed by atoms with Crippen LogP contribution in [0, 0.1) is 0 Å². The van der Waals surface area contributed by atoms with Crippen molar-refractivity contribution in [3.05, 3.63) is 29.8 Å². The fraction of sp³-hybridized carbons (Fsp3) is 0.538. The van der Waals surface area contributed by atoms with E-state index in [1.165, 1.54) is 18.2 Å². The Kier molecular flexibility index (Phi) is 6.47. The van der Waals surface area contributed by atoms with Crippen molar-refractivity contribution in [2.24, 2.45) is 5.14 Å². The van der Waals surface area contributed by atoms with Gasteiger partial charge in [0.05, 0.1) is 17.9 Å². The van der Waals surface area contributed by atoms with Gasteiger partial charge in [0, 0.05) is 0 Å². The molecular weight excluding hydrogens is 307 g/mol. The zero-order valence-corrected chi connectivity index (χ0v) is 12.2. The zero-order valence-electron chi connectivity index (χ0n) is 11.4. The second kappa shape index (κ2) is 7.65. The monoisotopic (exact) mass is 325 g/mol. The Balaban J connectivity index is 2.31. The first kappa shape index (κ1) is 17.8. The number of hydrogen-bond acceptors (Lipinski definition) is 3. The number of primary sulfonamides is 1. The first-order chi connectivity index (χ1) is 9.70. The quantitative estimate of drug-likeness (QED) is 0.747. The molecule has 8 heteroatoms. The first-order valence-electron chi connectivity index (χ1n) is 6.49. The lowest BCUT2D eigenvalue weighted by Gasteiger charge is -2.13. The summed E-state index contributed by atoms with van der Waals surface area (Å²) < 4.78 is 64.6. The summed E-state index contributed by atoms with van der Waals surface area (Å²) in [6.45, 7) is 0.155. The van der Waals surface area contributed by atoms with Crippen molar-refractivity contribution in [2.75, 3.05) is 12.4 Å². The van der Waals surface area contributed by atoms with Gasteiger partial charge in [-0.3, -0.25) is 0 Å². The van der Waals surface area contributed by atoms with Crippen LogP contribution < -0.4 is 9.88 Å². The number of alkyl halides is 3. The van der Waals surface area contributed by atoms with Crippen LogP contribution >= 0.6 is 0 Å². The molecule has 0 amide bonds. The highest BCUT2D eigenvalue weighted by Gasteiger charge is 2.33. The Bertz CT molecular complexity index is 544. The smallest absolute Gasteiger partial charge is 0.419 e. The molecule has 0 aliphatic heterocycles. The Hall–Kier alpha value is -1.28. The van der Waals surface area contributed by atoms with Gasteiger partial charge in [-0.15, -0.1) is 0 Å². The Morgan fingerprint density at radius 3 is 2.29 bits per heavy atom. The predicted octanol–water partition coefficient (Wildman–Crippen LogP) is 2.93. The molecule has 0 radical (unpaired) electrons. The maximum Gasteiger partial charge on any atom is 0.419 e. The van der Waals surface area contributed by atoms with Crippen LogP contribution in [0.15, 0.2) is 24.3 Å². The molecule has 1 aromatic carbocycles. The van der Waals surface area contributed by atoms with Crippen LogP contribution in [0.1, 0.15) is 31.2 Å². The van der Waals surface area contributed by atoms with Gasteiger partial charge in [-0.25, -0.2) is 13.6 Å². The van der Waals surface area contributed by atoms with Crippen molar-refractivity contribution in [1.82, 2.24) is 0 Å². The van der Waals surface area contributed by atoms with Gasteiger partial charge in [-0.05, 0) is 25.0 Å². The molecule has 0 unspecified atom stereocenters. The lowest BCUT2D eigenvalue weighted by atomic mass is 10.2.